The zero-order valence-electron chi connectivity index (χ0n) is 12.6. The van der Waals surface area contributed by atoms with E-state index >= 15 is 0 Å². The van der Waals surface area contributed by atoms with E-state index in [9.17, 15) is 0 Å². The van der Waals surface area contributed by atoms with Crippen molar-refractivity contribution >= 4 is 11.7 Å². The molecule has 0 radical (unpaired) electrons. The van der Waals surface area contributed by atoms with Crippen molar-refractivity contribution in [3.8, 4) is 11.5 Å². The highest BCUT2D eigenvalue weighted by Crippen LogP contribution is 2.32. The summed E-state index contributed by atoms with van der Waals surface area (Å²) in [6.07, 6.45) is 1.80. The van der Waals surface area contributed by atoms with E-state index in [0.29, 0.717) is 13.2 Å². The SMILES string of the molecule is CCNC(c1ccc(OCC)c(OCC)c1)c1cnsn1. The van der Waals surface area contributed by atoms with Crippen LogP contribution in [0.5, 0.6) is 11.5 Å². The fourth-order valence-corrected chi connectivity index (χ4v) is 2.59. The van der Waals surface area contributed by atoms with Gasteiger partial charge in [-0.3, -0.25) is 0 Å². The second-order valence-electron chi connectivity index (χ2n) is 4.40. The van der Waals surface area contributed by atoms with Crippen LogP contribution in [-0.4, -0.2) is 28.5 Å². The second kappa shape index (κ2) is 7.95. The Balaban J connectivity index is 2.34. The second-order valence-corrected chi connectivity index (χ2v) is 4.95. The van der Waals surface area contributed by atoms with Gasteiger partial charge in [0.15, 0.2) is 11.5 Å². The molecule has 0 saturated heterocycles. The fraction of sp³-hybridized carbons (Fsp3) is 0.467. The summed E-state index contributed by atoms with van der Waals surface area (Å²) < 4.78 is 19.7. The van der Waals surface area contributed by atoms with Crippen LogP contribution < -0.4 is 14.8 Å². The highest BCUT2D eigenvalue weighted by molar-refractivity contribution is 6.99. The van der Waals surface area contributed by atoms with Gasteiger partial charge < -0.3 is 14.8 Å². The third-order valence-corrected chi connectivity index (χ3v) is 3.48. The minimum Gasteiger partial charge on any atom is -0.490 e. The molecule has 0 saturated carbocycles. The van der Waals surface area contributed by atoms with Gasteiger partial charge in [0.2, 0.25) is 0 Å². The maximum absolute atomic E-state index is 5.69. The van der Waals surface area contributed by atoms with Gasteiger partial charge in [-0.1, -0.05) is 13.0 Å². The monoisotopic (exact) mass is 307 g/mol. The molecule has 5 nitrogen and oxygen atoms in total. The summed E-state index contributed by atoms with van der Waals surface area (Å²) in [5, 5.41) is 3.43. The molecule has 1 aromatic carbocycles. The Labute approximate surface area is 129 Å². The van der Waals surface area contributed by atoms with Gasteiger partial charge in [-0.2, -0.15) is 8.75 Å². The largest absolute Gasteiger partial charge is 0.490 e. The minimum absolute atomic E-state index is 0.0173. The zero-order valence-corrected chi connectivity index (χ0v) is 13.4. The molecule has 0 amide bonds. The summed E-state index contributed by atoms with van der Waals surface area (Å²) in [5.41, 5.74) is 2.02. The van der Waals surface area contributed by atoms with Crippen molar-refractivity contribution in [1.82, 2.24) is 14.1 Å². The fourth-order valence-electron chi connectivity index (χ4n) is 2.14. The number of hydrogen-bond donors (Lipinski definition) is 1. The topological polar surface area (TPSA) is 56.3 Å². The van der Waals surface area contributed by atoms with Crippen molar-refractivity contribution in [2.24, 2.45) is 0 Å². The lowest BCUT2D eigenvalue weighted by atomic mass is 10.0. The lowest BCUT2D eigenvalue weighted by Gasteiger charge is -2.18. The number of hydrogen-bond acceptors (Lipinski definition) is 6. The molecule has 114 valence electrons. The van der Waals surface area contributed by atoms with Gasteiger partial charge in [-0.25, -0.2) is 0 Å². The van der Waals surface area contributed by atoms with Crippen molar-refractivity contribution in [3.05, 3.63) is 35.7 Å². The highest BCUT2D eigenvalue weighted by atomic mass is 32.1. The molecule has 0 aliphatic heterocycles. The van der Waals surface area contributed by atoms with E-state index < -0.39 is 0 Å². The first kappa shape index (κ1) is 15.7. The first-order valence-electron chi connectivity index (χ1n) is 7.20. The Morgan fingerprint density at radius 2 is 1.90 bits per heavy atom. The number of aromatic nitrogens is 2. The Bertz CT molecular complexity index is 546. The van der Waals surface area contributed by atoms with Crippen LogP contribution in [0.25, 0.3) is 0 Å². The van der Waals surface area contributed by atoms with Gasteiger partial charge in [-0.05, 0) is 38.1 Å². The van der Waals surface area contributed by atoms with Crippen molar-refractivity contribution in [2.45, 2.75) is 26.8 Å². The van der Waals surface area contributed by atoms with Gasteiger partial charge in [0.05, 0.1) is 42.9 Å². The minimum atomic E-state index is 0.0173. The predicted molar refractivity (Wildman–Crippen MR) is 84.2 cm³/mol. The van der Waals surface area contributed by atoms with E-state index in [4.69, 9.17) is 9.47 Å². The standard InChI is InChI=1S/C15H21N3O2S/c1-4-16-15(12-10-17-21-18-12)11-7-8-13(19-5-2)14(9-11)20-6-3/h7-10,15-16H,4-6H2,1-3H3. The van der Waals surface area contributed by atoms with Crippen LogP contribution in [0.4, 0.5) is 0 Å². The molecule has 0 spiro atoms. The summed E-state index contributed by atoms with van der Waals surface area (Å²) in [6, 6.07) is 6.03. The molecule has 21 heavy (non-hydrogen) atoms. The third-order valence-electron chi connectivity index (χ3n) is 2.98. The van der Waals surface area contributed by atoms with Crippen LogP contribution >= 0.6 is 11.7 Å². The maximum Gasteiger partial charge on any atom is 0.161 e. The van der Waals surface area contributed by atoms with E-state index in [1.54, 1.807) is 6.20 Å². The number of nitrogens with zero attached hydrogens (tertiary/aromatic N) is 2. The van der Waals surface area contributed by atoms with Crippen LogP contribution in [-0.2, 0) is 0 Å². The predicted octanol–water partition coefficient (Wildman–Crippen LogP) is 3.03. The Hall–Kier alpha value is -1.66. The summed E-state index contributed by atoms with van der Waals surface area (Å²) in [5.74, 6) is 1.54. The molecule has 6 heteroatoms. The molecule has 2 rings (SSSR count). The normalized spacial score (nSPS) is 12.1. The lowest BCUT2D eigenvalue weighted by molar-refractivity contribution is 0.287. The summed E-state index contributed by atoms with van der Waals surface area (Å²) in [4.78, 5) is 0. The molecule has 1 N–H and O–H groups in total. The van der Waals surface area contributed by atoms with Crippen molar-refractivity contribution < 1.29 is 9.47 Å². The molecule has 0 aliphatic carbocycles. The Morgan fingerprint density at radius 3 is 2.52 bits per heavy atom. The van der Waals surface area contributed by atoms with Crippen LogP contribution in [0.15, 0.2) is 24.4 Å². The van der Waals surface area contributed by atoms with Gasteiger partial charge in [0.25, 0.3) is 0 Å². The third kappa shape index (κ3) is 3.92. The Morgan fingerprint density at radius 1 is 1.14 bits per heavy atom. The maximum atomic E-state index is 5.69. The number of ether oxygens (including phenoxy) is 2. The number of nitrogens with one attached hydrogen (secondary N) is 1. The van der Waals surface area contributed by atoms with Gasteiger partial charge >= 0.3 is 0 Å². The average molecular weight is 307 g/mol. The highest BCUT2D eigenvalue weighted by Gasteiger charge is 2.18. The average Bonchev–Trinajstić information content (AvgIpc) is 3.01. The Kier molecular flexibility index (Phi) is 5.95. The van der Waals surface area contributed by atoms with Crippen molar-refractivity contribution in [1.29, 1.82) is 0 Å². The summed E-state index contributed by atoms with van der Waals surface area (Å²) in [6.45, 7) is 8.07. The quantitative estimate of drug-likeness (QED) is 0.812. The molecular weight excluding hydrogens is 286 g/mol. The molecular formula is C15H21N3O2S. The van der Waals surface area contributed by atoms with E-state index in [-0.39, 0.29) is 6.04 Å². The molecule has 1 unspecified atom stereocenters. The molecule has 1 atom stereocenters. The first-order valence-corrected chi connectivity index (χ1v) is 7.93. The summed E-state index contributed by atoms with van der Waals surface area (Å²) >= 11 is 1.22. The lowest BCUT2D eigenvalue weighted by Crippen LogP contribution is -2.22. The molecule has 2 aromatic rings. The van der Waals surface area contributed by atoms with Crippen LogP contribution in [0.1, 0.15) is 38.1 Å². The molecule has 0 fully saturated rings. The number of benzene rings is 1. The molecule has 1 heterocycles. The molecule has 1 aromatic heterocycles. The van der Waals surface area contributed by atoms with Crippen LogP contribution in [0, 0.1) is 0 Å². The van der Waals surface area contributed by atoms with Crippen LogP contribution in [0.3, 0.4) is 0 Å². The summed E-state index contributed by atoms with van der Waals surface area (Å²) in [7, 11) is 0. The van der Waals surface area contributed by atoms with E-state index in [1.807, 2.05) is 32.0 Å². The molecule has 0 bridgehead atoms. The van der Waals surface area contributed by atoms with Crippen molar-refractivity contribution in [3.63, 3.8) is 0 Å². The van der Waals surface area contributed by atoms with Crippen LogP contribution in [0.2, 0.25) is 0 Å². The first-order chi connectivity index (χ1) is 10.3. The smallest absolute Gasteiger partial charge is 0.161 e. The number of rotatable bonds is 8. The molecule has 0 aliphatic rings. The van der Waals surface area contributed by atoms with Gasteiger partial charge in [0.1, 0.15) is 0 Å². The zero-order chi connectivity index (χ0) is 15.1. The van der Waals surface area contributed by atoms with Crippen molar-refractivity contribution in [2.75, 3.05) is 19.8 Å². The van der Waals surface area contributed by atoms with E-state index in [0.717, 1.165) is 29.3 Å². The van der Waals surface area contributed by atoms with E-state index in [1.165, 1.54) is 11.7 Å². The van der Waals surface area contributed by atoms with Gasteiger partial charge in [-0.15, -0.1) is 0 Å². The van der Waals surface area contributed by atoms with E-state index in [2.05, 4.69) is 21.0 Å². The van der Waals surface area contributed by atoms with Gasteiger partial charge in [0, 0.05) is 0 Å².